The second kappa shape index (κ2) is 7.26. The van der Waals surface area contributed by atoms with Gasteiger partial charge in [0.2, 0.25) is 0 Å². The summed E-state index contributed by atoms with van der Waals surface area (Å²) in [6.45, 7) is 0.662. The molecule has 0 radical (unpaired) electrons. The van der Waals surface area contributed by atoms with E-state index < -0.39 is 6.10 Å². The topological polar surface area (TPSA) is 61.4 Å². The van der Waals surface area contributed by atoms with E-state index in [0.29, 0.717) is 6.54 Å². The number of rotatable bonds is 5. The average molecular weight is 326 g/mol. The maximum atomic E-state index is 11.8. The summed E-state index contributed by atoms with van der Waals surface area (Å²) >= 11 is 1.60. The first kappa shape index (κ1) is 15.5. The molecule has 3 N–H and O–H groups in total. The Labute approximate surface area is 138 Å². The molecule has 2 aromatic carbocycles. The van der Waals surface area contributed by atoms with Crippen LogP contribution in [0.1, 0.15) is 17.2 Å². The van der Waals surface area contributed by atoms with E-state index in [4.69, 9.17) is 0 Å². The first-order valence-electron chi connectivity index (χ1n) is 7.42. The molecular formula is C18H18N2O2S. The maximum Gasteiger partial charge on any atom is 0.315 e. The van der Waals surface area contributed by atoms with E-state index in [9.17, 15) is 9.90 Å². The molecule has 0 saturated heterocycles. The molecule has 3 rings (SSSR count). The molecule has 3 aromatic rings. The number of carbonyl (C=O) groups excluding carboxylic acids is 1. The molecule has 0 fully saturated rings. The highest BCUT2D eigenvalue weighted by atomic mass is 32.1. The summed E-state index contributed by atoms with van der Waals surface area (Å²) < 4.78 is 0. The smallest absolute Gasteiger partial charge is 0.315 e. The lowest BCUT2D eigenvalue weighted by molar-refractivity contribution is 0.173. The third-order valence-corrected chi connectivity index (χ3v) is 4.38. The van der Waals surface area contributed by atoms with Gasteiger partial charge in [-0.2, -0.15) is 11.3 Å². The molecule has 0 aliphatic heterocycles. The van der Waals surface area contributed by atoms with Gasteiger partial charge in [0.15, 0.2) is 0 Å². The molecule has 1 unspecified atom stereocenters. The van der Waals surface area contributed by atoms with Gasteiger partial charge in [0.25, 0.3) is 0 Å². The molecular weight excluding hydrogens is 308 g/mol. The van der Waals surface area contributed by atoms with Gasteiger partial charge >= 0.3 is 6.03 Å². The lowest BCUT2D eigenvalue weighted by Crippen LogP contribution is -2.37. The third kappa shape index (κ3) is 4.09. The summed E-state index contributed by atoms with van der Waals surface area (Å²) in [5, 5.41) is 21.9. The number of carbonyl (C=O) groups is 1. The van der Waals surface area contributed by atoms with Gasteiger partial charge in [-0.05, 0) is 44.8 Å². The normalized spacial score (nSPS) is 12.0. The van der Waals surface area contributed by atoms with Gasteiger partial charge in [-0.15, -0.1) is 0 Å². The summed E-state index contributed by atoms with van der Waals surface area (Å²) in [6.07, 6.45) is -0.730. The molecule has 1 heterocycles. The number of nitrogens with one attached hydrogen (secondary N) is 2. The molecule has 0 saturated carbocycles. The second-order valence-corrected chi connectivity index (χ2v) is 6.10. The van der Waals surface area contributed by atoms with Crippen LogP contribution >= 0.6 is 11.3 Å². The van der Waals surface area contributed by atoms with Crippen LogP contribution in [0.25, 0.3) is 10.8 Å². The summed E-state index contributed by atoms with van der Waals surface area (Å²) in [5.41, 5.74) is 1.86. The number of amides is 2. The van der Waals surface area contributed by atoms with Gasteiger partial charge in [0.05, 0.1) is 6.10 Å². The highest BCUT2D eigenvalue weighted by molar-refractivity contribution is 7.07. The highest BCUT2D eigenvalue weighted by Crippen LogP contribution is 2.20. The minimum absolute atomic E-state index is 0.174. The summed E-state index contributed by atoms with van der Waals surface area (Å²) in [7, 11) is 0. The van der Waals surface area contributed by atoms with Crippen molar-refractivity contribution in [1.29, 1.82) is 0 Å². The number of hydrogen-bond acceptors (Lipinski definition) is 3. The Bertz CT molecular complexity index is 787. The predicted molar refractivity (Wildman–Crippen MR) is 93.5 cm³/mol. The molecule has 4 nitrogen and oxygen atoms in total. The average Bonchev–Trinajstić information content (AvgIpc) is 3.11. The van der Waals surface area contributed by atoms with Crippen LogP contribution in [-0.4, -0.2) is 17.7 Å². The van der Waals surface area contributed by atoms with Gasteiger partial charge in [-0.25, -0.2) is 4.79 Å². The zero-order chi connectivity index (χ0) is 16.1. The van der Waals surface area contributed by atoms with E-state index in [0.717, 1.165) is 21.9 Å². The Morgan fingerprint density at radius 3 is 2.70 bits per heavy atom. The molecule has 5 heteroatoms. The van der Waals surface area contributed by atoms with Gasteiger partial charge in [0, 0.05) is 13.1 Å². The maximum absolute atomic E-state index is 11.8. The van der Waals surface area contributed by atoms with Crippen molar-refractivity contribution in [2.75, 3.05) is 6.54 Å². The zero-order valence-electron chi connectivity index (χ0n) is 12.5. The Morgan fingerprint density at radius 1 is 1.09 bits per heavy atom. The van der Waals surface area contributed by atoms with Gasteiger partial charge in [-0.3, -0.25) is 0 Å². The predicted octanol–water partition coefficient (Wildman–Crippen LogP) is 3.43. The van der Waals surface area contributed by atoms with Gasteiger partial charge < -0.3 is 15.7 Å². The minimum Gasteiger partial charge on any atom is -0.387 e. The highest BCUT2D eigenvalue weighted by Gasteiger charge is 2.10. The van der Waals surface area contributed by atoms with Crippen LogP contribution in [0.2, 0.25) is 0 Å². The van der Waals surface area contributed by atoms with E-state index in [1.165, 1.54) is 0 Å². The molecule has 1 atom stereocenters. The largest absolute Gasteiger partial charge is 0.387 e. The van der Waals surface area contributed by atoms with Crippen LogP contribution in [0, 0.1) is 0 Å². The number of fused-ring (bicyclic) bond motifs is 1. The Balaban J connectivity index is 1.53. The molecule has 0 bridgehead atoms. The van der Waals surface area contributed by atoms with Crippen LogP contribution in [0.3, 0.4) is 0 Å². The lowest BCUT2D eigenvalue weighted by atomic mass is 10.0. The van der Waals surface area contributed by atoms with Crippen molar-refractivity contribution in [2.24, 2.45) is 0 Å². The van der Waals surface area contributed by atoms with E-state index >= 15 is 0 Å². The fourth-order valence-corrected chi connectivity index (χ4v) is 3.03. The monoisotopic (exact) mass is 326 g/mol. The van der Waals surface area contributed by atoms with Crippen molar-refractivity contribution in [1.82, 2.24) is 10.6 Å². The number of hydrogen-bond donors (Lipinski definition) is 3. The van der Waals surface area contributed by atoms with Crippen molar-refractivity contribution in [3.63, 3.8) is 0 Å². The standard InChI is InChI=1S/C18H18N2O2S/c21-17(11-20-18(22)19-10-13-7-8-23-12-13)16-6-5-14-3-1-2-4-15(14)9-16/h1-9,12,17,21H,10-11H2,(H2,19,20,22). The first-order chi connectivity index (χ1) is 11.2. The molecule has 0 aliphatic rings. The van der Waals surface area contributed by atoms with Crippen molar-refractivity contribution in [2.45, 2.75) is 12.6 Å². The van der Waals surface area contributed by atoms with Gasteiger partial charge in [0.1, 0.15) is 0 Å². The molecule has 118 valence electrons. The fourth-order valence-electron chi connectivity index (χ4n) is 2.36. The summed E-state index contributed by atoms with van der Waals surface area (Å²) in [5.74, 6) is 0. The summed E-state index contributed by atoms with van der Waals surface area (Å²) in [6, 6.07) is 15.5. The number of thiophene rings is 1. The number of urea groups is 1. The Hall–Kier alpha value is -2.37. The SMILES string of the molecule is O=C(NCc1ccsc1)NCC(O)c1ccc2ccccc2c1. The number of benzene rings is 2. The van der Waals surface area contributed by atoms with E-state index in [1.807, 2.05) is 59.3 Å². The summed E-state index contributed by atoms with van der Waals surface area (Å²) in [4.78, 5) is 11.8. The van der Waals surface area contributed by atoms with Crippen molar-refractivity contribution in [3.05, 3.63) is 70.4 Å². The fraction of sp³-hybridized carbons (Fsp3) is 0.167. The van der Waals surface area contributed by atoms with Crippen molar-refractivity contribution < 1.29 is 9.90 Å². The second-order valence-electron chi connectivity index (χ2n) is 5.32. The Morgan fingerprint density at radius 2 is 1.91 bits per heavy atom. The molecule has 1 aromatic heterocycles. The van der Waals surface area contributed by atoms with Crippen LogP contribution in [0.5, 0.6) is 0 Å². The molecule has 23 heavy (non-hydrogen) atoms. The number of aliphatic hydroxyl groups excluding tert-OH is 1. The Kier molecular flexibility index (Phi) is 4.90. The van der Waals surface area contributed by atoms with Crippen LogP contribution in [0.4, 0.5) is 4.79 Å². The zero-order valence-corrected chi connectivity index (χ0v) is 13.3. The van der Waals surface area contributed by atoms with Crippen LogP contribution in [0.15, 0.2) is 59.3 Å². The van der Waals surface area contributed by atoms with Crippen molar-refractivity contribution in [3.8, 4) is 0 Å². The quantitative estimate of drug-likeness (QED) is 0.672. The number of aliphatic hydroxyl groups is 1. The molecule has 2 amide bonds. The molecule has 0 aliphatic carbocycles. The van der Waals surface area contributed by atoms with Crippen molar-refractivity contribution >= 4 is 28.1 Å². The van der Waals surface area contributed by atoms with E-state index in [-0.39, 0.29) is 12.6 Å². The van der Waals surface area contributed by atoms with Crippen LogP contribution in [-0.2, 0) is 6.54 Å². The third-order valence-electron chi connectivity index (χ3n) is 3.65. The van der Waals surface area contributed by atoms with E-state index in [1.54, 1.807) is 11.3 Å². The minimum atomic E-state index is -0.730. The van der Waals surface area contributed by atoms with Gasteiger partial charge in [-0.1, -0.05) is 36.4 Å². The van der Waals surface area contributed by atoms with Crippen LogP contribution < -0.4 is 10.6 Å². The lowest BCUT2D eigenvalue weighted by Gasteiger charge is -2.13. The van der Waals surface area contributed by atoms with E-state index in [2.05, 4.69) is 10.6 Å². The first-order valence-corrected chi connectivity index (χ1v) is 8.36. The molecule has 0 spiro atoms.